The fourth-order valence-corrected chi connectivity index (χ4v) is 4.55. The van der Waals surface area contributed by atoms with Crippen LogP contribution in [0.5, 0.6) is 0 Å². The van der Waals surface area contributed by atoms with Crippen LogP contribution in [0.3, 0.4) is 0 Å². The summed E-state index contributed by atoms with van der Waals surface area (Å²) in [5, 5.41) is 2.66. The summed E-state index contributed by atoms with van der Waals surface area (Å²) in [6, 6.07) is 14.7. The third-order valence-corrected chi connectivity index (χ3v) is 6.02. The van der Waals surface area contributed by atoms with E-state index in [4.69, 9.17) is 4.98 Å². The molecular formula is C24H23FN2OS. The molecule has 0 atom stereocenters. The molecule has 0 amide bonds. The highest BCUT2D eigenvalue weighted by Crippen LogP contribution is 2.31. The SMILES string of the molecule is CCCc1nc2scc(-c3ccc(CC)cc3)c2c(=O)n1Cc1cccc(F)c1. The molecule has 0 unspecified atom stereocenters. The number of hydrogen-bond acceptors (Lipinski definition) is 3. The minimum atomic E-state index is -0.297. The molecule has 3 nitrogen and oxygen atoms in total. The summed E-state index contributed by atoms with van der Waals surface area (Å²) in [6.45, 7) is 4.51. The number of nitrogens with zero attached hydrogens (tertiary/aromatic N) is 2. The first-order valence-corrected chi connectivity index (χ1v) is 10.8. The van der Waals surface area contributed by atoms with E-state index in [0.717, 1.165) is 40.2 Å². The van der Waals surface area contributed by atoms with Crippen molar-refractivity contribution in [3.63, 3.8) is 0 Å². The Morgan fingerprint density at radius 3 is 2.55 bits per heavy atom. The minimum Gasteiger partial charge on any atom is -0.292 e. The number of benzene rings is 2. The molecule has 0 aliphatic heterocycles. The summed E-state index contributed by atoms with van der Waals surface area (Å²) in [7, 11) is 0. The van der Waals surface area contributed by atoms with Gasteiger partial charge in [-0.3, -0.25) is 9.36 Å². The van der Waals surface area contributed by atoms with Gasteiger partial charge >= 0.3 is 0 Å². The first-order valence-electron chi connectivity index (χ1n) is 9.95. The van der Waals surface area contributed by atoms with Gasteiger partial charge in [0.1, 0.15) is 16.5 Å². The zero-order chi connectivity index (χ0) is 20.4. The summed E-state index contributed by atoms with van der Waals surface area (Å²) < 4.78 is 15.4. The molecule has 2 heterocycles. The molecule has 0 radical (unpaired) electrons. The first-order chi connectivity index (χ1) is 14.1. The molecule has 0 aliphatic carbocycles. The topological polar surface area (TPSA) is 34.9 Å². The Kier molecular flexibility index (Phi) is 5.58. The van der Waals surface area contributed by atoms with E-state index in [-0.39, 0.29) is 11.4 Å². The van der Waals surface area contributed by atoms with E-state index in [1.165, 1.54) is 29.0 Å². The number of halogens is 1. The Bertz CT molecular complexity index is 1210. The van der Waals surface area contributed by atoms with Gasteiger partial charge in [0.05, 0.1) is 11.9 Å². The molecule has 0 saturated heterocycles. The fraction of sp³-hybridized carbons (Fsp3) is 0.250. The van der Waals surface area contributed by atoms with Crippen LogP contribution < -0.4 is 5.56 Å². The summed E-state index contributed by atoms with van der Waals surface area (Å²) in [5.74, 6) is 0.456. The van der Waals surface area contributed by atoms with E-state index < -0.39 is 0 Å². The molecule has 2 aromatic heterocycles. The molecule has 0 fully saturated rings. The molecule has 0 saturated carbocycles. The zero-order valence-electron chi connectivity index (χ0n) is 16.6. The van der Waals surface area contributed by atoms with Gasteiger partial charge in [-0.15, -0.1) is 11.3 Å². The highest BCUT2D eigenvalue weighted by atomic mass is 32.1. The molecule has 4 aromatic rings. The zero-order valence-corrected chi connectivity index (χ0v) is 17.4. The predicted octanol–water partition coefficient (Wildman–Crippen LogP) is 5.83. The van der Waals surface area contributed by atoms with Crippen molar-refractivity contribution in [2.45, 2.75) is 39.7 Å². The summed E-state index contributed by atoms with van der Waals surface area (Å²) in [6.07, 6.45) is 2.57. The maximum atomic E-state index is 13.7. The van der Waals surface area contributed by atoms with Gasteiger partial charge in [-0.1, -0.05) is 50.2 Å². The van der Waals surface area contributed by atoms with Crippen LogP contribution in [0.4, 0.5) is 4.39 Å². The number of aryl methyl sites for hydroxylation is 2. The van der Waals surface area contributed by atoms with E-state index in [2.05, 4.69) is 38.1 Å². The third-order valence-electron chi connectivity index (χ3n) is 5.15. The fourth-order valence-electron chi connectivity index (χ4n) is 3.59. The number of fused-ring (bicyclic) bond motifs is 1. The molecule has 5 heteroatoms. The monoisotopic (exact) mass is 406 g/mol. The second kappa shape index (κ2) is 8.29. The van der Waals surface area contributed by atoms with Crippen LogP contribution in [0.25, 0.3) is 21.3 Å². The summed E-state index contributed by atoms with van der Waals surface area (Å²) in [5.41, 5.74) is 3.91. The largest absolute Gasteiger partial charge is 0.292 e. The van der Waals surface area contributed by atoms with Gasteiger partial charge in [0.2, 0.25) is 0 Å². The lowest BCUT2D eigenvalue weighted by molar-refractivity contribution is 0.618. The maximum absolute atomic E-state index is 13.7. The van der Waals surface area contributed by atoms with Crippen molar-refractivity contribution in [2.24, 2.45) is 0 Å². The van der Waals surface area contributed by atoms with Crippen LogP contribution in [0.15, 0.2) is 58.7 Å². The van der Waals surface area contributed by atoms with Gasteiger partial charge in [0.25, 0.3) is 5.56 Å². The smallest absolute Gasteiger partial charge is 0.263 e. The van der Waals surface area contributed by atoms with Crippen molar-refractivity contribution in [3.8, 4) is 11.1 Å². The molecule has 0 aliphatic rings. The Labute approximate surface area is 173 Å². The average molecular weight is 407 g/mol. The minimum absolute atomic E-state index is 0.0569. The predicted molar refractivity (Wildman–Crippen MR) is 118 cm³/mol. The molecule has 0 bridgehead atoms. The van der Waals surface area contributed by atoms with Crippen LogP contribution in [0.2, 0.25) is 0 Å². The highest BCUT2D eigenvalue weighted by Gasteiger charge is 2.17. The number of thiophene rings is 1. The third kappa shape index (κ3) is 3.87. The van der Waals surface area contributed by atoms with Gasteiger partial charge in [-0.05, 0) is 41.7 Å². The molecule has 148 valence electrons. The van der Waals surface area contributed by atoms with E-state index in [1.807, 2.05) is 11.4 Å². The Balaban J connectivity index is 1.88. The molecule has 0 spiro atoms. The lowest BCUT2D eigenvalue weighted by atomic mass is 10.0. The maximum Gasteiger partial charge on any atom is 0.263 e. The average Bonchev–Trinajstić information content (AvgIpc) is 3.15. The van der Waals surface area contributed by atoms with Crippen LogP contribution >= 0.6 is 11.3 Å². The second-order valence-corrected chi connectivity index (χ2v) is 8.04. The van der Waals surface area contributed by atoms with Crippen LogP contribution in [-0.2, 0) is 19.4 Å². The van der Waals surface area contributed by atoms with E-state index >= 15 is 0 Å². The van der Waals surface area contributed by atoms with Crippen molar-refractivity contribution in [2.75, 3.05) is 0 Å². The lowest BCUT2D eigenvalue weighted by Crippen LogP contribution is -2.25. The van der Waals surface area contributed by atoms with Gasteiger partial charge in [-0.25, -0.2) is 9.37 Å². The van der Waals surface area contributed by atoms with E-state index in [9.17, 15) is 9.18 Å². The normalized spacial score (nSPS) is 11.3. The molecule has 4 rings (SSSR count). The van der Waals surface area contributed by atoms with E-state index in [1.54, 1.807) is 10.6 Å². The number of hydrogen-bond donors (Lipinski definition) is 0. The van der Waals surface area contributed by atoms with Gasteiger partial charge in [0, 0.05) is 17.4 Å². The molecular weight excluding hydrogens is 383 g/mol. The van der Waals surface area contributed by atoms with Gasteiger partial charge in [-0.2, -0.15) is 0 Å². The summed E-state index contributed by atoms with van der Waals surface area (Å²) in [4.78, 5) is 19.1. The molecule has 29 heavy (non-hydrogen) atoms. The Morgan fingerprint density at radius 1 is 1.07 bits per heavy atom. The van der Waals surface area contributed by atoms with Crippen molar-refractivity contribution < 1.29 is 4.39 Å². The van der Waals surface area contributed by atoms with Crippen LogP contribution in [0.1, 0.15) is 37.2 Å². The van der Waals surface area contributed by atoms with Gasteiger partial charge < -0.3 is 0 Å². The van der Waals surface area contributed by atoms with Gasteiger partial charge in [0.15, 0.2) is 0 Å². The second-order valence-electron chi connectivity index (χ2n) is 7.18. The Morgan fingerprint density at radius 2 is 1.86 bits per heavy atom. The quantitative estimate of drug-likeness (QED) is 0.404. The van der Waals surface area contributed by atoms with Crippen molar-refractivity contribution >= 4 is 21.6 Å². The standard InChI is InChI=1S/C24H23FN2OS/c1-3-6-21-26-23-22(20(15-29-23)18-11-9-16(4-2)10-12-18)24(28)27(21)14-17-7-5-8-19(25)13-17/h5,7-13,15H,3-4,6,14H2,1-2H3. The van der Waals surface area contributed by atoms with E-state index in [0.29, 0.717) is 18.4 Å². The highest BCUT2D eigenvalue weighted by molar-refractivity contribution is 7.17. The molecule has 2 aromatic carbocycles. The van der Waals surface area contributed by atoms with Crippen molar-refractivity contribution in [1.82, 2.24) is 9.55 Å². The number of aromatic nitrogens is 2. The van der Waals surface area contributed by atoms with Crippen LogP contribution in [-0.4, -0.2) is 9.55 Å². The Hall–Kier alpha value is -2.79. The van der Waals surface area contributed by atoms with Crippen molar-refractivity contribution in [3.05, 3.63) is 87.0 Å². The number of rotatable bonds is 6. The van der Waals surface area contributed by atoms with Crippen molar-refractivity contribution in [1.29, 1.82) is 0 Å². The summed E-state index contributed by atoms with van der Waals surface area (Å²) >= 11 is 1.51. The first kappa shape index (κ1) is 19.5. The van der Waals surface area contributed by atoms with Crippen LogP contribution in [0, 0.1) is 5.82 Å². The molecule has 0 N–H and O–H groups in total. The lowest BCUT2D eigenvalue weighted by Gasteiger charge is -2.13.